The van der Waals surface area contributed by atoms with Crippen molar-refractivity contribution in [3.63, 3.8) is 0 Å². The summed E-state index contributed by atoms with van der Waals surface area (Å²) in [6.45, 7) is 4.64. The predicted molar refractivity (Wildman–Crippen MR) is 120 cm³/mol. The summed E-state index contributed by atoms with van der Waals surface area (Å²) in [6.07, 6.45) is -2.29. The molecule has 33 heavy (non-hydrogen) atoms. The van der Waals surface area contributed by atoms with E-state index in [1.807, 2.05) is 26.0 Å². The quantitative estimate of drug-likeness (QED) is 0.399. The van der Waals surface area contributed by atoms with Crippen LogP contribution in [0, 0.1) is 12.8 Å². The molecule has 2 heterocycles. The third-order valence-corrected chi connectivity index (χ3v) is 5.10. The van der Waals surface area contributed by atoms with Crippen LogP contribution >= 0.6 is 0 Å². The zero-order valence-corrected chi connectivity index (χ0v) is 18.8. The summed E-state index contributed by atoms with van der Waals surface area (Å²) in [5.74, 6) is 1.79. The lowest BCUT2D eigenvalue weighted by Gasteiger charge is -2.14. The van der Waals surface area contributed by atoms with Gasteiger partial charge in [0, 0.05) is 18.2 Å². The van der Waals surface area contributed by atoms with Crippen molar-refractivity contribution < 1.29 is 17.9 Å². The fourth-order valence-electron chi connectivity index (χ4n) is 3.73. The number of nitrogens with one attached hydrogen (secondary N) is 1. The van der Waals surface area contributed by atoms with Crippen molar-refractivity contribution in [1.82, 2.24) is 24.3 Å². The molecule has 0 aliphatic rings. The van der Waals surface area contributed by atoms with Gasteiger partial charge in [0.1, 0.15) is 41.5 Å². The van der Waals surface area contributed by atoms with Crippen LogP contribution in [0.1, 0.15) is 25.5 Å². The minimum absolute atomic E-state index is 0.169. The molecule has 10 heteroatoms. The Kier molecular flexibility index (Phi) is 6.01. The standard InChI is InChI=1S/C23H25F3N6O/c1-14(2)10-21-29-22-17(6-5-7-19(22)31(21)12-23(24,25)26)28-16-8-9-18(20(11-16)33-4)32-13-27-15(3)30-32/h5-9,11,13-14,28H,10,12H2,1-4H3. The van der Waals surface area contributed by atoms with Crippen molar-refractivity contribution in [3.8, 4) is 11.4 Å². The SMILES string of the molecule is COc1cc(Nc2cccc3c2nc(CC(C)C)n3CC(F)(F)F)ccc1-n1cnc(C)n1. The van der Waals surface area contributed by atoms with Crippen molar-refractivity contribution in [2.24, 2.45) is 5.92 Å². The summed E-state index contributed by atoms with van der Waals surface area (Å²) < 4.78 is 48.3. The number of alkyl halides is 3. The van der Waals surface area contributed by atoms with E-state index >= 15 is 0 Å². The Morgan fingerprint density at radius 1 is 1.15 bits per heavy atom. The highest BCUT2D eigenvalue weighted by Gasteiger charge is 2.30. The van der Waals surface area contributed by atoms with E-state index in [1.54, 1.807) is 49.3 Å². The minimum Gasteiger partial charge on any atom is -0.494 e. The zero-order valence-electron chi connectivity index (χ0n) is 18.8. The number of aryl methyl sites for hydroxylation is 1. The number of fused-ring (bicyclic) bond motifs is 1. The summed E-state index contributed by atoms with van der Waals surface area (Å²) in [5.41, 5.74) is 2.97. The Morgan fingerprint density at radius 3 is 2.58 bits per heavy atom. The fraction of sp³-hybridized carbons (Fsp3) is 0.348. The molecule has 0 unspecified atom stereocenters. The number of imidazole rings is 1. The fourth-order valence-corrected chi connectivity index (χ4v) is 3.73. The average Bonchev–Trinajstić information content (AvgIpc) is 3.31. The lowest BCUT2D eigenvalue weighted by Crippen LogP contribution is -2.20. The van der Waals surface area contributed by atoms with Gasteiger partial charge in [-0.15, -0.1) is 0 Å². The number of hydrogen-bond donors (Lipinski definition) is 1. The Labute approximate surface area is 189 Å². The molecule has 4 rings (SSSR count). The van der Waals surface area contributed by atoms with E-state index in [0.29, 0.717) is 46.2 Å². The van der Waals surface area contributed by atoms with E-state index < -0.39 is 12.7 Å². The summed E-state index contributed by atoms with van der Waals surface area (Å²) >= 11 is 0. The molecule has 0 spiro atoms. The van der Waals surface area contributed by atoms with Gasteiger partial charge in [0.2, 0.25) is 0 Å². The summed E-state index contributed by atoms with van der Waals surface area (Å²) in [6, 6.07) is 10.7. The predicted octanol–water partition coefficient (Wildman–Crippen LogP) is 5.44. The van der Waals surface area contributed by atoms with E-state index in [9.17, 15) is 13.2 Å². The highest BCUT2D eigenvalue weighted by Crippen LogP contribution is 2.32. The second-order valence-electron chi connectivity index (χ2n) is 8.25. The highest BCUT2D eigenvalue weighted by molar-refractivity contribution is 5.91. The van der Waals surface area contributed by atoms with Crippen molar-refractivity contribution in [2.75, 3.05) is 12.4 Å². The molecule has 7 nitrogen and oxygen atoms in total. The second kappa shape index (κ2) is 8.76. The van der Waals surface area contributed by atoms with Gasteiger partial charge in [-0.25, -0.2) is 14.6 Å². The first kappa shape index (κ1) is 22.6. The highest BCUT2D eigenvalue weighted by atomic mass is 19.4. The van der Waals surface area contributed by atoms with Gasteiger partial charge in [-0.05, 0) is 37.1 Å². The zero-order chi connectivity index (χ0) is 23.8. The van der Waals surface area contributed by atoms with Crippen LogP contribution in [0.5, 0.6) is 5.75 Å². The molecule has 0 bridgehead atoms. The largest absolute Gasteiger partial charge is 0.494 e. The number of halogens is 3. The number of nitrogens with zero attached hydrogens (tertiary/aromatic N) is 5. The van der Waals surface area contributed by atoms with Crippen LogP contribution < -0.4 is 10.1 Å². The first-order valence-electron chi connectivity index (χ1n) is 10.5. The van der Waals surface area contributed by atoms with Crippen molar-refractivity contribution in [3.05, 3.63) is 54.4 Å². The Hall–Kier alpha value is -3.56. The van der Waals surface area contributed by atoms with E-state index in [1.165, 1.54) is 4.57 Å². The van der Waals surface area contributed by atoms with Crippen LogP contribution in [-0.2, 0) is 13.0 Å². The number of anilines is 2. The molecular weight excluding hydrogens is 433 g/mol. The lowest BCUT2D eigenvalue weighted by atomic mass is 10.1. The van der Waals surface area contributed by atoms with Gasteiger partial charge in [0.15, 0.2) is 0 Å². The van der Waals surface area contributed by atoms with Crippen LogP contribution in [0.3, 0.4) is 0 Å². The summed E-state index contributed by atoms with van der Waals surface area (Å²) in [7, 11) is 1.56. The Morgan fingerprint density at radius 2 is 1.94 bits per heavy atom. The van der Waals surface area contributed by atoms with Gasteiger partial charge in [0.05, 0.1) is 18.3 Å². The molecule has 2 aromatic carbocycles. The normalized spacial score (nSPS) is 12.0. The molecule has 0 amide bonds. The van der Waals surface area contributed by atoms with Gasteiger partial charge in [0.25, 0.3) is 0 Å². The Bertz CT molecular complexity index is 1280. The summed E-state index contributed by atoms with van der Waals surface area (Å²) in [4.78, 5) is 8.73. The van der Waals surface area contributed by atoms with Crippen LogP contribution in [-0.4, -0.2) is 37.6 Å². The minimum atomic E-state index is -4.34. The van der Waals surface area contributed by atoms with E-state index in [2.05, 4.69) is 20.4 Å². The van der Waals surface area contributed by atoms with E-state index in [4.69, 9.17) is 4.74 Å². The Balaban J connectivity index is 1.73. The second-order valence-corrected chi connectivity index (χ2v) is 8.25. The monoisotopic (exact) mass is 458 g/mol. The molecule has 0 aliphatic heterocycles. The van der Waals surface area contributed by atoms with Gasteiger partial charge < -0.3 is 14.6 Å². The van der Waals surface area contributed by atoms with Crippen molar-refractivity contribution in [1.29, 1.82) is 0 Å². The molecule has 0 atom stereocenters. The first-order chi connectivity index (χ1) is 15.6. The number of ether oxygens (including phenoxy) is 1. The maximum atomic E-state index is 13.3. The van der Waals surface area contributed by atoms with Gasteiger partial charge in [-0.3, -0.25) is 0 Å². The number of hydrogen-bond acceptors (Lipinski definition) is 5. The molecule has 0 saturated heterocycles. The summed E-state index contributed by atoms with van der Waals surface area (Å²) in [5, 5.41) is 7.59. The molecular formula is C23H25F3N6O. The lowest BCUT2D eigenvalue weighted by molar-refractivity contribution is -0.140. The van der Waals surface area contributed by atoms with Crippen LogP contribution in [0.15, 0.2) is 42.7 Å². The molecule has 1 N–H and O–H groups in total. The average molecular weight is 458 g/mol. The van der Waals surface area contributed by atoms with Gasteiger partial charge in [-0.1, -0.05) is 19.9 Å². The van der Waals surface area contributed by atoms with Crippen LogP contribution in [0.4, 0.5) is 24.5 Å². The first-order valence-corrected chi connectivity index (χ1v) is 10.5. The number of benzene rings is 2. The van der Waals surface area contributed by atoms with Crippen LogP contribution in [0.25, 0.3) is 16.7 Å². The maximum Gasteiger partial charge on any atom is 0.406 e. The van der Waals surface area contributed by atoms with E-state index in [-0.39, 0.29) is 5.92 Å². The number of rotatable bonds is 7. The molecule has 2 aromatic heterocycles. The number of para-hydroxylation sites is 1. The van der Waals surface area contributed by atoms with Gasteiger partial charge in [-0.2, -0.15) is 18.3 Å². The van der Waals surface area contributed by atoms with Crippen molar-refractivity contribution in [2.45, 2.75) is 39.9 Å². The topological polar surface area (TPSA) is 69.8 Å². The number of aromatic nitrogens is 5. The molecule has 0 radical (unpaired) electrons. The smallest absolute Gasteiger partial charge is 0.406 e. The maximum absolute atomic E-state index is 13.3. The molecule has 4 aromatic rings. The molecule has 0 saturated carbocycles. The third kappa shape index (κ3) is 4.94. The van der Waals surface area contributed by atoms with Gasteiger partial charge >= 0.3 is 6.18 Å². The van der Waals surface area contributed by atoms with Crippen molar-refractivity contribution >= 4 is 22.4 Å². The third-order valence-electron chi connectivity index (χ3n) is 5.10. The van der Waals surface area contributed by atoms with Crippen LogP contribution in [0.2, 0.25) is 0 Å². The molecule has 0 aliphatic carbocycles. The molecule has 0 fully saturated rings. The molecule has 174 valence electrons. The van der Waals surface area contributed by atoms with E-state index in [0.717, 1.165) is 5.69 Å². The number of methoxy groups -OCH3 is 1.